The van der Waals surface area contributed by atoms with Crippen molar-refractivity contribution in [2.75, 3.05) is 0 Å². The summed E-state index contributed by atoms with van der Waals surface area (Å²) in [6.45, 7) is 0. The summed E-state index contributed by atoms with van der Waals surface area (Å²) in [7, 11) is 0. The third-order valence-electron chi connectivity index (χ3n) is 12.0. The summed E-state index contributed by atoms with van der Waals surface area (Å²) >= 11 is 0. The molecule has 0 aliphatic heterocycles. The maximum Gasteiger partial charge on any atom is 0.0714 e. The van der Waals surface area contributed by atoms with Gasteiger partial charge in [0, 0.05) is 0 Å². The van der Waals surface area contributed by atoms with E-state index in [4.69, 9.17) is 0 Å². The number of benzene rings is 10. The molecule has 0 aromatic heterocycles. The van der Waals surface area contributed by atoms with E-state index in [1.807, 2.05) is 0 Å². The minimum absolute atomic E-state index is 0.563. The number of rotatable bonds is 5. The van der Waals surface area contributed by atoms with Crippen LogP contribution in [0.25, 0.3) is 76.8 Å². The first kappa shape index (κ1) is 31.5. The topological polar surface area (TPSA) is 0 Å². The van der Waals surface area contributed by atoms with Gasteiger partial charge in [-0.25, -0.2) is 0 Å². The first-order valence-electron chi connectivity index (χ1n) is 19.2. The van der Waals surface area contributed by atoms with Gasteiger partial charge in [-0.05, 0) is 111 Å². The van der Waals surface area contributed by atoms with Crippen LogP contribution in [0.15, 0.2) is 218 Å². The average Bonchev–Trinajstić information content (AvgIpc) is 3.57. The molecular formula is C55H36. The molecule has 0 radical (unpaired) electrons. The van der Waals surface area contributed by atoms with Gasteiger partial charge in [-0.1, -0.05) is 206 Å². The summed E-state index contributed by atoms with van der Waals surface area (Å²) in [5.41, 5.74) is 14.7. The highest BCUT2D eigenvalue weighted by Crippen LogP contribution is 2.60. The largest absolute Gasteiger partial charge is 0.0714 e. The fourth-order valence-electron chi connectivity index (χ4n) is 9.61. The Bertz CT molecular complexity index is 3020. The molecule has 0 bridgehead atoms. The van der Waals surface area contributed by atoms with Crippen molar-refractivity contribution in [3.63, 3.8) is 0 Å². The van der Waals surface area contributed by atoms with Gasteiger partial charge in [-0.15, -0.1) is 0 Å². The molecule has 1 aliphatic rings. The lowest BCUT2D eigenvalue weighted by Crippen LogP contribution is -2.28. The summed E-state index contributed by atoms with van der Waals surface area (Å²) in [6, 6.07) is 81.0. The molecule has 0 heterocycles. The average molecular weight is 697 g/mol. The van der Waals surface area contributed by atoms with Gasteiger partial charge in [-0.3, -0.25) is 0 Å². The van der Waals surface area contributed by atoms with Gasteiger partial charge >= 0.3 is 0 Å². The fourth-order valence-corrected chi connectivity index (χ4v) is 9.61. The molecule has 55 heavy (non-hydrogen) atoms. The number of fused-ring (bicyclic) bond motifs is 7. The molecule has 0 unspecified atom stereocenters. The van der Waals surface area contributed by atoms with Crippen molar-refractivity contribution >= 4 is 32.3 Å². The Morgan fingerprint density at radius 2 is 0.745 bits per heavy atom. The third kappa shape index (κ3) is 4.72. The van der Waals surface area contributed by atoms with Gasteiger partial charge in [-0.2, -0.15) is 0 Å². The zero-order valence-electron chi connectivity index (χ0n) is 30.3. The van der Waals surface area contributed by atoms with E-state index >= 15 is 0 Å². The van der Waals surface area contributed by atoms with Crippen LogP contribution in [-0.2, 0) is 5.41 Å². The molecule has 1 aliphatic carbocycles. The first-order valence-corrected chi connectivity index (χ1v) is 19.2. The summed E-state index contributed by atoms with van der Waals surface area (Å²) in [6.07, 6.45) is 0. The molecule has 0 atom stereocenters. The second-order valence-electron chi connectivity index (χ2n) is 14.7. The van der Waals surface area contributed by atoms with Crippen LogP contribution in [-0.4, -0.2) is 0 Å². The van der Waals surface area contributed by atoms with Gasteiger partial charge in [0.15, 0.2) is 0 Å². The molecule has 0 amide bonds. The standard InChI is InChI=1S/C55H36/c1-4-17-37(18-5-1)43-33-34-44(46-27-13-12-26-45(43)46)39-31-32-50-52(35-39)55(40-21-6-2-7-22-40,41-23-8-3-9-24-41)53-36-51(48-28-14-15-29-49(48)54(50)53)47-30-16-20-38-19-10-11-25-42(38)47/h1-36H. The minimum atomic E-state index is -0.563. The predicted octanol–water partition coefficient (Wildman–Crippen LogP) is 14.5. The molecule has 0 saturated carbocycles. The van der Waals surface area contributed by atoms with E-state index in [2.05, 4.69) is 218 Å². The van der Waals surface area contributed by atoms with Crippen molar-refractivity contribution in [1.82, 2.24) is 0 Å². The first-order chi connectivity index (χ1) is 27.3. The maximum atomic E-state index is 2.53. The molecule has 11 rings (SSSR count). The highest BCUT2D eigenvalue weighted by Gasteiger charge is 2.47. The minimum Gasteiger partial charge on any atom is -0.0622 e. The van der Waals surface area contributed by atoms with E-state index in [9.17, 15) is 0 Å². The highest BCUT2D eigenvalue weighted by molar-refractivity contribution is 6.13. The lowest BCUT2D eigenvalue weighted by atomic mass is 9.67. The van der Waals surface area contributed by atoms with Crippen LogP contribution in [0.4, 0.5) is 0 Å². The van der Waals surface area contributed by atoms with Crippen LogP contribution in [0.3, 0.4) is 0 Å². The lowest BCUT2D eigenvalue weighted by molar-refractivity contribution is 0.769. The molecule has 0 spiro atoms. The lowest BCUT2D eigenvalue weighted by Gasteiger charge is -2.34. The summed E-state index contributed by atoms with van der Waals surface area (Å²) in [5, 5.41) is 7.59. The van der Waals surface area contributed by atoms with Crippen LogP contribution < -0.4 is 0 Å². The van der Waals surface area contributed by atoms with E-state index in [0.717, 1.165) is 0 Å². The molecule has 0 N–H and O–H groups in total. The van der Waals surface area contributed by atoms with Crippen LogP contribution in [0.5, 0.6) is 0 Å². The smallest absolute Gasteiger partial charge is 0.0622 e. The van der Waals surface area contributed by atoms with E-state index in [0.29, 0.717) is 0 Å². The van der Waals surface area contributed by atoms with Gasteiger partial charge < -0.3 is 0 Å². The van der Waals surface area contributed by atoms with Gasteiger partial charge in [0.1, 0.15) is 0 Å². The van der Waals surface area contributed by atoms with E-state index in [1.54, 1.807) is 0 Å². The Morgan fingerprint density at radius 3 is 1.40 bits per heavy atom. The molecule has 0 fully saturated rings. The summed E-state index contributed by atoms with van der Waals surface area (Å²) < 4.78 is 0. The number of hydrogen-bond donors (Lipinski definition) is 0. The normalized spacial score (nSPS) is 12.9. The van der Waals surface area contributed by atoms with Crippen LogP contribution >= 0.6 is 0 Å². The van der Waals surface area contributed by atoms with Crippen LogP contribution in [0.2, 0.25) is 0 Å². The van der Waals surface area contributed by atoms with Crippen molar-refractivity contribution < 1.29 is 0 Å². The van der Waals surface area contributed by atoms with Crippen molar-refractivity contribution in [1.29, 1.82) is 0 Å². The highest BCUT2D eigenvalue weighted by atomic mass is 14.5. The molecule has 0 heteroatoms. The Balaban J connectivity index is 1.25. The number of hydrogen-bond acceptors (Lipinski definition) is 0. The fraction of sp³-hybridized carbons (Fsp3) is 0.0182. The van der Waals surface area contributed by atoms with Crippen LogP contribution in [0, 0.1) is 0 Å². The molecule has 0 saturated heterocycles. The molecule has 10 aromatic rings. The zero-order chi connectivity index (χ0) is 36.3. The predicted molar refractivity (Wildman–Crippen MR) is 233 cm³/mol. The van der Waals surface area contributed by atoms with Crippen molar-refractivity contribution in [2.24, 2.45) is 0 Å². The Kier molecular flexibility index (Phi) is 7.19. The quantitative estimate of drug-likeness (QED) is 0.168. The summed E-state index contributed by atoms with van der Waals surface area (Å²) in [4.78, 5) is 0. The van der Waals surface area contributed by atoms with Crippen LogP contribution in [0.1, 0.15) is 22.3 Å². The van der Waals surface area contributed by atoms with Gasteiger partial charge in [0.25, 0.3) is 0 Å². The third-order valence-corrected chi connectivity index (χ3v) is 12.0. The summed E-state index contributed by atoms with van der Waals surface area (Å²) in [5.74, 6) is 0. The molecule has 10 aromatic carbocycles. The monoisotopic (exact) mass is 696 g/mol. The molecule has 256 valence electrons. The Morgan fingerprint density at radius 1 is 0.255 bits per heavy atom. The van der Waals surface area contributed by atoms with E-state index in [-0.39, 0.29) is 0 Å². The maximum absolute atomic E-state index is 2.53. The second-order valence-corrected chi connectivity index (χ2v) is 14.7. The van der Waals surface area contributed by atoms with E-state index in [1.165, 1.54) is 99.1 Å². The second kappa shape index (κ2) is 12.5. The van der Waals surface area contributed by atoms with Crippen molar-refractivity contribution in [3.8, 4) is 44.5 Å². The SMILES string of the molecule is c1ccc(-c2ccc(-c3ccc4c(c3)C(c3ccccc3)(c3ccccc3)c3cc(-c5cccc6ccccc56)c5ccccc5c3-4)c3ccccc23)cc1. The molecular weight excluding hydrogens is 661 g/mol. The van der Waals surface area contributed by atoms with Crippen molar-refractivity contribution in [3.05, 3.63) is 241 Å². The van der Waals surface area contributed by atoms with Gasteiger partial charge in [0.2, 0.25) is 0 Å². The Labute approximate surface area is 321 Å². The van der Waals surface area contributed by atoms with Crippen molar-refractivity contribution in [2.45, 2.75) is 5.41 Å². The van der Waals surface area contributed by atoms with Gasteiger partial charge in [0.05, 0.1) is 5.41 Å². The zero-order valence-corrected chi connectivity index (χ0v) is 30.3. The Hall–Kier alpha value is -7.02. The molecule has 0 nitrogen and oxygen atoms in total. The van der Waals surface area contributed by atoms with E-state index < -0.39 is 5.41 Å².